The summed E-state index contributed by atoms with van der Waals surface area (Å²) in [5.74, 6) is -4.35. The minimum absolute atomic E-state index is 0.105. The molecule has 8 heteroatoms. The van der Waals surface area contributed by atoms with Gasteiger partial charge in [-0.15, -0.1) is 0 Å². The predicted octanol–water partition coefficient (Wildman–Crippen LogP) is 3.83. The van der Waals surface area contributed by atoms with Crippen LogP contribution in [-0.2, 0) is 11.3 Å². The van der Waals surface area contributed by atoms with Crippen molar-refractivity contribution in [1.82, 2.24) is 10.1 Å². The second kappa shape index (κ2) is 8.05. The van der Waals surface area contributed by atoms with Gasteiger partial charge in [0.2, 0.25) is 5.91 Å². The molecule has 27 heavy (non-hydrogen) atoms. The molecule has 1 aromatic heterocycles. The number of hydrogen-bond acceptors (Lipinski definition) is 4. The van der Waals surface area contributed by atoms with E-state index in [4.69, 9.17) is 4.52 Å². The molecule has 5 nitrogen and oxygen atoms in total. The fraction of sp³-hybridized carbons (Fsp3) is 0.158. The lowest BCUT2D eigenvalue weighted by molar-refractivity contribution is -0.117. The maximum atomic E-state index is 13.6. The molecule has 0 fully saturated rings. The first-order valence-corrected chi connectivity index (χ1v) is 8.07. The Kier molecular flexibility index (Phi) is 5.56. The Hall–Kier alpha value is -3.13. The van der Waals surface area contributed by atoms with Crippen LogP contribution in [0.4, 0.5) is 18.9 Å². The Morgan fingerprint density at radius 2 is 1.85 bits per heavy atom. The Morgan fingerprint density at radius 1 is 1.11 bits per heavy atom. The predicted molar refractivity (Wildman–Crippen MR) is 93.2 cm³/mol. The SMILES string of the molecule is CN(CC(=O)Nc1ccc(F)c(F)c1F)Cc1cc(-c2ccccc2)on1. The molecule has 0 atom stereocenters. The summed E-state index contributed by atoms with van der Waals surface area (Å²) >= 11 is 0. The molecule has 0 aliphatic heterocycles. The molecule has 3 rings (SSSR count). The maximum absolute atomic E-state index is 13.6. The van der Waals surface area contributed by atoms with Gasteiger partial charge in [0.1, 0.15) is 0 Å². The van der Waals surface area contributed by atoms with Gasteiger partial charge in [0.15, 0.2) is 23.2 Å². The van der Waals surface area contributed by atoms with Gasteiger partial charge in [0.05, 0.1) is 17.9 Å². The van der Waals surface area contributed by atoms with Gasteiger partial charge in [-0.3, -0.25) is 9.69 Å². The van der Waals surface area contributed by atoms with Crippen LogP contribution in [0.15, 0.2) is 53.1 Å². The van der Waals surface area contributed by atoms with Gasteiger partial charge < -0.3 is 9.84 Å². The molecule has 1 N–H and O–H groups in total. The quantitative estimate of drug-likeness (QED) is 0.666. The van der Waals surface area contributed by atoms with E-state index >= 15 is 0 Å². The highest BCUT2D eigenvalue weighted by Crippen LogP contribution is 2.21. The van der Waals surface area contributed by atoms with Crippen LogP contribution >= 0.6 is 0 Å². The molecular weight excluding hydrogens is 359 g/mol. The van der Waals surface area contributed by atoms with E-state index in [1.165, 1.54) is 0 Å². The summed E-state index contributed by atoms with van der Waals surface area (Å²) in [6, 6.07) is 12.9. The van der Waals surface area contributed by atoms with Gasteiger partial charge >= 0.3 is 0 Å². The highest BCUT2D eigenvalue weighted by molar-refractivity contribution is 5.92. The van der Waals surface area contributed by atoms with Gasteiger partial charge in [-0.1, -0.05) is 35.5 Å². The van der Waals surface area contributed by atoms with Crippen molar-refractivity contribution >= 4 is 11.6 Å². The van der Waals surface area contributed by atoms with E-state index < -0.39 is 29.0 Å². The van der Waals surface area contributed by atoms with E-state index in [1.807, 2.05) is 30.3 Å². The van der Waals surface area contributed by atoms with Gasteiger partial charge in [-0.05, 0) is 19.2 Å². The summed E-state index contributed by atoms with van der Waals surface area (Å²) in [6.45, 7) is 0.204. The molecule has 0 aliphatic carbocycles. The van der Waals surface area contributed by atoms with Crippen LogP contribution in [0.1, 0.15) is 5.69 Å². The number of anilines is 1. The molecule has 0 saturated heterocycles. The highest BCUT2D eigenvalue weighted by Gasteiger charge is 2.16. The second-order valence-corrected chi connectivity index (χ2v) is 5.99. The standard InChI is InChI=1S/C19H16F3N3O2/c1-25(10-13-9-16(27-24-13)12-5-3-2-4-6-12)11-17(26)23-15-8-7-14(20)18(21)19(15)22/h2-9H,10-11H2,1H3,(H,23,26). The Labute approximate surface area is 153 Å². The number of halogens is 3. The van der Waals surface area contributed by atoms with Crippen molar-refractivity contribution in [3.63, 3.8) is 0 Å². The molecule has 0 bridgehead atoms. The van der Waals surface area contributed by atoms with Gasteiger partial charge in [-0.2, -0.15) is 0 Å². The van der Waals surface area contributed by atoms with Crippen LogP contribution < -0.4 is 5.32 Å². The number of benzene rings is 2. The first kappa shape index (κ1) is 18.7. The van der Waals surface area contributed by atoms with Crippen LogP contribution in [0.5, 0.6) is 0 Å². The first-order valence-electron chi connectivity index (χ1n) is 8.07. The number of nitrogens with one attached hydrogen (secondary N) is 1. The zero-order chi connectivity index (χ0) is 19.4. The maximum Gasteiger partial charge on any atom is 0.238 e. The summed E-state index contributed by atoms with van der Waals surface area (Å²) in [5.41, 5.74) is 1.08. The van der Waals surface area contributed by atoms with Crippen molar-refractivity contribution in [2.75, 3.05) is 18.9 Å². The molecule has 1 heterocycles. The van der Waals surface area contributed by atoms with Crippen LogP contribution in [0.3, 0.4) is 0 Å². The van der Waals surface area contributed by atoms with Gasteiger partial charge in [0, 0.05) is 18.2 Å². The fourth-order valence-corrected chi connectivity index (χ4v) is 2.51. The van der Waals surface area contributed by atoms with Crippen molar-refractivity contribution < 1.29 is 22.5 Å². The third-order valence-corrected chi connectivity index (χ3v) is 3.77. The molecule has 0 radical (unpaired) electrons. The Balaban J connectivity index is 1.58. The zero-order valence-corrected chi connectivity index (χ0v) is 14.4. The third kappa shape index (κ3) is 4.53. The topological polar surface area (TPSA) is 58.4 Å². The number of carbonyl (C=O) groups is 1. The van der Waals surface area contributed by atoms with Gasteiger partial charge in [-0.25, -0.2) is 13.2 Å². The molecule has 140 valence electrons. The molecule has 3 aromatic rings. The normalized spacial score (nSPS) is 11.0. The lowest BCUT2D eigenvalue weighted by Gasteiger charge is -2.15. The van der Waals surface area contributed by atoms with Crippen LogP contribution in [0.2, 0.25) is 0 Å². The second-order valence-electron chi connectivity index (χ2n) is 5.99. The number of amides is 1. The van der Waals surface area contributed by atoms with Crippen molar-refractivity contribution in [2.24, 2.45) is 0 Å². The number of carbonyl (C=O) groups excluding carboxylic acids is 1. The number of rotatable bonds is 6. The minimum atomic E-state index is -1.63. The summed E-state index contributed by atoms with van der Waals surface area (Å²) in [6.07, 6.45) is 0. The van der Waals surface area contributed by atoms with Crippen molar-refractivity contribution in [1.29, 1.82) is 0 Å². The summed E-state index contributed by atoms with van der Waals surface area (Å²) in [4.78, 5) is 13.6. The number of nitrogens with zero attached hydrogens (tertiary/aromatic N) is 2. The van der Waals surface area contributed by atoms with Gasteiger partial charge in [0.25, 0.3) is 0 Å². The van der Waals surface area contributed by atoms with Crippen molar-refractivity contribution in [3.8, 4) is 11.3 Å². The lowest BCUT2D eigenvalue weighted by Crippen LogP contribution is -2.30. The molecule has 2 aromatic carbocycles. The minimum Gasteiger partial charge on any atom is -0.356 e. The van der Waals surface area contributed by atoms with E-state index in [0.717, 1.165) is 17.7 Å². The zero-order valence-electron chi connectivity index (χ0n) is 14.4. The van der Waals surface area contributed by atoms with Crippen LogP contribution in [-0.4, -0.2) is 29.6 Å². The first-order chi connectivity index (χ1) is 12.9. The molecular formula is C19H16F3N3O2. The van der Waals surface area contributed by atoms with Crippen LogP contribution in [0.25, 0.3) is 11.3 Å². The molecule has 0 aliphatic rings. The van der Waals surface area contributed by atoms with Crippen molar-refractivity contribution in [3.05, 3.63) is 71.7 Å². The monoisotopic (exact) mass is 375 g/mol. The van der Waals surface area contributed by atoms with Crippen molar-refractivity contribution in [2.45, 2.75) is 6.54 Å². The molecule has 1 amide bonds. The lowest BCUT2D eigenvalue weighted by atomic mass is 10.1. The molecule has 0 saturated carbocycles. The number of aromatic nitrogens is 1. The van der Waals surface area contributed by atoms with E-state index in [-0.39, 0.29) is 6.54 Å². The molecule has 0 spiro atoms. The third-order valence-electron chi connectivity index (χ3n) is 3.77. The summed E-state index contributed by atoms with van der Waals surface area (Å²) < 4.78 is 45.0. The Bertz CT molecular complexity index is 945. The average Bonchev–Trinajstić information content (AvgIpc) is 3.11. The van der Waals surface area contributed by atoms with Crippen LogP contribution in [0, 0.1) is 17.5 Å². The summed E-state index contributed by atoms with van der Waals surface area (Å²) in [7, 11) is 1.66. The average molecular weight is 375 g/mol. The largest absolute Gasteiger partial charge is 0.356 e. The van der Waals surface area contributed by atoms with E-state index in [2.05, 4.69) is 10.5 Å². The van der Waals surface area contributed by atoms with E-state index in [0.29, 0.717) is 18.0 Å². The number of hydrogen-bond donors (Lipinski definition) is 1. The highest BCUT2D eigenvalue weighted by atomic mass is 19.2. The van der Waals surface area contributed by atoms with E-state index in [1.54, 1.807) is 18.0 Å². The Morgan fingerprint density at radius 3 is 2.59 bits per heavy atom. The molecule has 0 unspecified atom stereocenters. The smallest absolute Gasteiger partial charge is 0.238 e. The number of likely N-dealkylation sites (N-methyl/N-ethyl adjacent to an activating group) is 1. The summed E-state index contributed by atoms with van der Waals surface area (Å²) in [5, 5.41) is 6.18. The van der Waals surface area contributed by atoms with E-state index in [9.17, 15) is 18.0 Å². The fourth-order valence-electron chi connectivity index (χ4n) is 2.51.